The minimum Gasteiger partial charge on any atom is -0.272 e. The zero-order valence-electron chi connectivity index (χ0n) is 12.6. The number of nitrogens with zero attached hydrogens (tertiary/aromatic N) is 2. The highest BCUT2D eigenvalue weighted by atomic mass is 14.9. The first kappa shape index (κ1) is 14.2. The van der Waals surface area contributed by atoms with Crippen molar-refractivity contribution in [1.29, 1.82) is 0 Å². The van der Waals surface area contributed by atoms with Crippen molar-refractivity contribution in [3.05, 3.63) is 59.6 Å². The molecule has 1 aromatic heterocycles. The van der Waals surface area contributed by atoms with Gasteiger partial charge in [-0.15, -0.1) is 0 Å². The third kappa shape index (κ3) is 2.55. The van der Waals surface area contributed by atoms with Gasteiger partial charge in [0.25, 0.3) is 0 Å². The number of benzene rings is 1. The van der Waals surface area contributed by atoms with E-state index >= 15 is 0 Å². The predicted molar refractivity (Wildman–Crippen MR) is 86.8 cm³/mol. The lowest BCUT2D eigenvalue weighted by Crippen LogP contribution is -2.33. The fraction of sp³-hybridized carbons (Fsp3) is 0.222. The van der Waals surface area contributed by atoms with Crippen LogP contribution in [0.4, 0.5) is 0 Å². The van der Waals surface area contributed by atoms with E-state index in [-0.39, 0.29) is 0 Å². The number of aliphatic imine (C=N–C) groups is 1. The standard InChI is InChI=1S/C18H21N2/c1-6-16(14(3)12-19-4)18-17-8-7-13(2)11-15(17)9-10-20(18)5/h6-12H,4H2,1-3,5H3/q+1/b14-12-,16-6+. The third-order valence-corrected chi connectivity index (χ3v) is 3.55. The first-order valence-electron chi connectivity index (χ1n) is 6.77. The molecule has 0 aliphatic rings. The van der Waals surface area contributed by atoms with Crippen LogP contribution >= 0.6 is 0 Å². The average Bonchev–Trinajstić information content (AvgIpc) is 2.42. The molecule has 0 N–H and O–H groups in total. The van der Waals surface area contributed by atoms with Crippen LogP contribution in [0.3, 0.4) is 0 Å². The van der Waals surface area contributed by atoms with Crippen LogP contribution in [0.2, 0.25) is 0 Å². The van der Waals surface area contributed by atoms with E-state index in [1.54, 1.807) is 0 Å². The van der Waals surface area contributed by atoms with Gasteiger partial charge in [-0.3, -0.25) is 4.99 Å². The summed E-state index contributed by atoms with van der Waals surface area (Å²) in [7, 11) is 2.08. The molecule has 1 heterocycles. The lowest BCUT2D eigenvalue weighted by Gasteiger charge is -2.09. The summed E-state index contributed by atoms with van der Waals surface area (Å²) in [5, 5.41) is 2.52. The molecule has 0 saturated heterocycles. The van der Waals surface area contributed by atoms with Gasteiger partial charge in [0, 0.05) is 17.8 Å². The largest absolute Gasteiger partial charge is 0.272 e. The molecule has 0 radical (unpaired) electrons. The van der Waals surface area contributed by atoms with E-state index in [0.717, 1.165) is 5.57 Å². The van der Waals surface area contributed by atoms with Gasteiger partial charge in [-0.05, 0) is 44.5 Å². The first-order valence-corrected chi connectivity index (χ1v) is 6.77. The van der Waals surface area contributed by atoms with Crippen molar-refractivity contribution in [3.63, 3.8) is 0 Å². The summed E-state index contributed by atoms with van der Waals surface area (Å²) in [5.74, 6) is 0. The smallest absolute Gasteiger partial charge is 0.220 e. The molecule has 2 nitrogen and oxygen atoms in total. The number of fused-ring (bicyclic) bond motifs is 1. The highest BCUT2D eigenvalue weighted by Crippen LogP contribution is 2.27. The summed E-state index contributed by atoms with van der Waals surface area (Å²) in [6.07, 6.45) is 6.04. The third-order valence-electron chi connectivity index (χ3n) is 3.55. The molecular weight excluding hydrogens is 244 g/mol. The number of allylic oxidation sites excluding steroid dienone is 3. The summed E-state index contributed by atoms with van der Waals surface area (Å²) < 4.78 is 2.16. The maximum Gasteiger partial charge on any atom is 0.220 e. The number of hydrogen-bond donors (Lipinski definition) is 0. The number of aryl methyl sites for hydroxylation is 2. The maximum atomic E-state index is 3.89. The van der Waals surface area contributed by atoms with Crippen LogP contribution in [0.5, 0.6) is 0 Å². The Labute approximate surface area is 120 Å². The molecular formula is C18H21N2+. The molecule has 0 aliphatic carbocycles. The normalized spacial score (nSPS) is 12.8. The van der Waals surface area contributed by atoms with Crippen molar-refractivity contribution >= 4 is 23.1 Å². The van der Waals surface area contributed by atoms with Crippen molar-refractivity contribution in [2.45, 2.75) is 20.8 Å². The monoisotopic (exact) mass is 265 g/mol. The van der Waals surface area contributed by atoms with E-state index in [1.165, 1.54) is 27.6 Å². The second-order valence-electron chi connectivity index (χ2n) is 5.06. The minimum atomic E-state index is 1.12. The SMILES string of the molecule is C=N/C=C(C)\C(=C/C)c1c2ccc(C)cc2cc[n+]1C. The van der Waals surface area contributed by atoms with Crippen LogP contribution in [0.1, 0.15) is 25.1 Å². The summed E-state index contributed by atoms with van der Waals surface area (Å²) in [5.41, 5.74) is 4.79. The molecule has 2 heteroatoms. The van der Waals surface area contributed by atoms with E-state index < -0.39 is 0 Å². The number of pyridine rings is 1. The predicted octanol–water partition coefficient (Wildman–Crippen LogP) is 3.98. The molecule has 0 bridgehead atoms. The van der Waals surface area contributed by atoms with Gasteiger partial charge in [0.05, 0.1) is 5.39 Å². The van der Waals surface area contributed by atoms with Crippen molar-refractivity contribution < 1.29 is 4.57 Å². The summed E-state index contributed by atoms with van der Waals surface area (Å²) in [4.78, 5) is 3.89. The van der Waals surface area contributed by atoms with Crippen LogP contribution in [0.25, 0.3) is 16.3 Å². The Morgan fingerprint density at radius 3 is 2.70 bits per heavy atom. The molecule has 1 aromatic carbocycles. The van der Waals surface area contributed by atoms with Crippen LogP contribution < -0.4 is 4.57 Å². The van der Waals surface area contributed by atoms with Crippen LogP contribution in [-0.4, -0.2) is 6.72 Å². The topological polar surface area (TPSA) is 16.2 Å². The van der Waals surface area contributed by atoms with Gasteiger partial charge < -0.3 is 0 Å². The summed E-state index contributed by atoms with van der Waals surface area (Å²) in [6, 6.07) is 8.73. The average molecular weight is 265 g/mol. The highest BCUT2D eigenvalue weighted by molar-refractivity contribution is 5.94. The number of hydrogen-bond acceptors (Lipinski definition) is 1. The van der Waals surface area contributed by atoms with Gasteiger partial charge in [-0.1, -0.05) is 23.8 Å². The van der Waals surface area contributed by atoms with Gasteiger partial charge >= 0.3 is 0 Å². The molecule has 0 saturated carbocycles. The Kier molecular flexibility index (Phi) is 4.14. The van der Waals surface area contributed by atoms with Crippen molar-refractivity contribution in [3.8, 4) is 0 Å². The van der Waals surface area contributed by atoms with Gasteiger partial charge in [0.15, 0.2) is 6.20 Å². The van der Waals surface area contributed by atoms with E-state index in [1.807, 2.05) is 6.20 Å². The molecule has 102 valence electrons. The summed E-state index contributed by atoms with van der Waals surface area (Å²) >= 11 is 0. The molecule has 2 aromatic rings. The zero-order valence-corrected chi connectivity index (χ0v) is 12.6. The zero-order chi connectivity index (χ0) is 14.7. The molecule has 0 aliphatic heterocycles. The van der Waals surface area contributed by atoms with Crippen molar-refractivity contribution in [1.82, 2.24) is 0 Å². The molecule has 0 spiro atoms. The van der Waals surface area contributed by atoms with E-state index in [9.17, 15) is 0 Å². The highest BCUT2D eigenvalue weighted by Gasteiger charge is 2.17. The quantitative estimate of drug-likeness (QED) is 0.453. The lowest BCUT2D eigenvalue weighted by atomic mass is 9.98. The van der Waals surface area contributed by atoms with Crippen molar-refractivity contribution in [2.75, 3.05) is 0 Å². The molecule has 0 amide bonds. The fourth-order valence-electron chi connectivity index (χ4n) is 2.59. The Morgan fingerprint density at radius 1 is 1.30 bits per heavy atom. The molecule has 0 fully saturated rings. The molecule has 0 atom stereocenters. The Bertz CT molecular complexity index is 722. The van der Waals surface area contributed by atoms with Crippen LogP contribution in [-0.2, 0) is 7.05 Å². The minimum absolute atomic E-state index is 1.12. The maximum absolute atomic E-state index is 3.89. The molecule has 0 unspecified atom stereocenters. The van der Waals surface area contributed by atoms with Crippen molar-refractivity contribution in [2.24, 2.45) is 12.0 Å². The van der Waals surface area contributed by atoms with E-state index in [4.69, 9.17) is 0 Å². The molecule has 20 heavy (non-hydrogen) atoms. The molecule has 2 rings (SSSR count). The lowest BCUT2D eigenvalue weighted by molar-refractivity contribution is -0.672. The Morgan fingerprint density at radius 2 is 2.05 bits per heavy atom. The Hall–Kier alpha value is -2.22. The van der Waals surface area contributed by atoms with Gasteiger partial charge in [0.1, 0.15) is 7.05 Å². The summed E-state index contributed by atoms with van der Waals surface area (Å²) in [6.45, 7) is 9.79. The van der Waals surface area contributed by atoms with Gasteiger partial charge in [-0.25, -0.2) is 4.57 Å². The number of rotatable bonds is 3. The first-order chi connectivity index (χ1) is 9.58. The second-order valence-corrected chi connectivity index (χ2v) is 5.06. The van der Waals surface area contributed by atoms with Gasteiger partial charge in [0.2, 0.25) is 5.69 Å². The van der Waals surface area contributed by atoms with Gasteiger partial charge in [-0.2, -0.15) is 0 Å². The van der Waals surface area contributed by atoms with Crippen LogP contribution in [0.15, 0.2) is 53.3 Å². The second kappa shape index (κ2) is 5.83. The number of aromatic nitrogens is 1. The van der Waals surface area contributed by atoms with E-state index in [2.05, 4.69) is 80.6 Å². The van der Waals surface area contributed by atoms with E-state index in [0.29, 0.717) is 0 Å². The Balaban J connectivity index is 2.78. The van der Waals surface area contributed by atoms with Crippen LogP contribution in [0, 0.1) is 6.92 Å². The fourth-order valence-corrected chi connectivity index (χ4v) is 2.59.